The third-order valence-electron chi connectivity index (χ3n) is 2.54. The van der Waals surface area contributed by atoms with Gasteiger partial charge in [-0.15, -0.1) is 0 Å². The molecule has 1 N–H and O–H groups in total. The van der Waals surface area contributed by atoms with Crippen LogP contribution in [-0.2, 0) is 4.79 Å². The lowest BCUT2D eigenvalue weighted by atomic mass is 9.74. The maximum absolute atomic E-state index is 12.6. The fourth-order valence-corrected chi connectivity index (χ4v) is 1.43. The molecule has 0 spiro atoms. The second-order valence-corrected chi connectivity index (χ2v) is 3.49. The lowest BCUT2D eigenvalue weighted by Gasteiger charge is -2.34. The molecule has 1 saturated carbocycles. The molecule has 1 fully saturated rings. The standard InChI is InChI=1S/C8H12F2O2/c9-8(10)3-1-7(5-11,6-12)2-4-8/h5,12H,1-4,6H2. The van der Waals surface area contributed by atoms with Crippen LogP contribution < -0.4 is 0 Å². The zero-order valence-corrected chi connectivity index (χ0v) is 6.72. The molecule has 0 aromatic carbocycles. The van der Waals surface area contributed by atoms with E-state index in [0.717, 1.165) is 0 Å². The van der Waals surface area contributed by atoms with E-state index in [1.165, 1.54) is 0 Å². The number of aliphatic hydroxyl groups is 1. The van der Waals surface area contributed by atoms with E-state index in [2.05, 4.69) is 0 Å². The quantitative estimate of drug-likeness (QED) is 0.648. The van der Waals surface area contributed by atoms with Crippen molar-refractivity contribution < 1.29 is 18.7 Å². The molecule has 4 heteroatoms. The van der Waals surface area contributed by atoms with Crippen LogP contribution >= 0.6 is 0 Å². The highest BCUT2D eigenvalue weighted by Crippen LogP contribution is 2.41. The summed E-state index contributed by atoms with van der Waals surface area (Å²) in [6.45, 7) is -0.313. The van der Waals surface area contributed by atoms with E-state index in [1.54, 1.807) is 0 Å². The minimum atomic E-state index is -2.64. The molecule has 70 valence electrons. The van der Waals surface area contributed by atoms with Crippen LogP contribution in [0.3, 0.4) is 0 Å². The van der Waals surface area contributed by atoms with Gasteiger partial charge in [0.2, 0.25) is 5.92 Å². The van der Waals surface area contributed by atoms with Crippen molar-refractivity contribution in [2.75, 3.05) is 6.61 Å². The number of carbonyl (C=O) groups is 1. The van der Waals surface area contributed by atoms with Gasteiger partial charge in [0.15, 0.2) is 0 Å². The topological polar surface area (TPSA) is 37.3 Å². The van der Waals surface area contributed by atoms with Crippen LogP contribution in [0.5, 0.6) is 0 Å². The summed E-state index contributed by atoms with van der Waals surface area (Å²) < 4.78 is 25.2. The summed E-state index contributed by atoms with van der Waals surface area (Å²) in [6.07, 6.45) is 0.237. The van der Waals surface area contributed by atoms with Gasteiger partial charge in [0.05, 0.1) is 6.61 Å². The molecule has 0 saturated heterocycles. The molecule has 1 aliphatic rings. The molecule has 0 heterocycles. The minimum Gasteiger partial charge on any atom is -0.395 e. The third kappa shape index (κ3) is 1.80. The summed E-state index contributed by atoms with van der Waals surface area (Å²) in [5.41, 5.74) is -0.887. The fourth-order valence-electron chi connectivity index (χ4n) is 1.43. The number of carbonyl (C=O) groups excluding carboxylic acids is 1. The Morgan fingerprint density at radius 3 is 2.08 bits per heavy atom. The lowest BCUT2D eigenvalue weighted by molar-refractivity contribution is -0.128. The molecule has 0 bridgehead atoms. The molecule has 0 aromatic rings. The normalized spacial score (nSPS) is 26.6. The highest BCUT2D eigenvalue weighted by Gasteiger charge is 2.42. The van der Waals surface area contributed by atoms with E-state index in [0.29, 0.717) is 6.29 Å². The summed E-state index contributed by atoms with van der Waals surface area (Å²) in [5, 5.41) is 8.84. The first kappa shape index (κ1) is 9.58. The lowest BCUT2D eigenvalue weighted by Crippen LogP contribution is -2.36. The molecule has 1 rings (SSSR count). The largest absolute Gasteiger partial charge is 0.395 e. The van der Waals surface area contributed by atoms with Crippen LogP contribution in [0.1, 0.15) is 25.7 Å². The van der Waals surface area contributed by atoms with E-state index < -0.39 is 11.3 Å². The maximum atomic E-state index is 12.6. The van der Waals surface area contributed by atoms with E-state index >= 15 is 0 Å². The summed E-state index contributed by atoms with van der Waals surface area (Å²) in [6, 6.07) is 0. The second-order valence-electron chi connectivity index (χ2n) is 3.49. The Kier molecular flexibility index (Phi) is 2.46. The van der Waals surface area contributed by atoms with Gasteiger partial charge in [-0.25, -0.2) is 8.78 Å². The first-order valence-electron chi connectivity index (χ1n) is 3.99. The fraction of sp³-hybridized carbons (Fsp3) is 0.875. The zero-order chi connectivity index (χ0) is 9.24. The van der Waals surface area contributed by atoms with Gasteiger partial charge >= 0.3 is 0 Å². The molecule has 12 heavy (non-hydrogen) atoms. The predicted octanol–water partition coefficient (Wildman–Crippen LogP) is 1.37. The summed E-state index contributed by atoms with van der Waals surface area (Å²) in [4.78, 5) is 10.5. The van der Waals surface area contributed by atoms with Gasteiger partial charge in [-0.1, -0.05) is 0 Å². The van der Waals surface area contributed by atoms with Crippen molar-refractivity contribution in [1.29, 1.82) is 0 Å². The second kappa shape index (κ2) is 3.09. The van der Waals surface area contributed by atoms with Gasteiger partial charge in [0, 0.05) is 18.3 Å². The predicted molar refractivity (Wildman–Crippen MR) is 39.0 cm³/mol. The number of rotatable bonds is 2. The summed E-state index contributed by atoms with van der Waals surface area (Å²) in [5.74, 6) is -2.64. The van der Waals surface area contributed by atoms with Crippen LogP contribution in [0.2, 0.25) is 0 Å². The van der Waals surface area contributed by atoms with Crippen LogP contribution in [0, 0.1) is 5.41 Å². The highest BCUT2D eigenvalue weighted by atomic mass is 19.3. The molecule has 0 radical (unpaired) electrons. The summed E-state index contributed by atoms with van der Waals surface area (Å²) in [7, 11) is 0. The number of aliphatic hydroxyl groups excluding tert-OH is 1. The van der Waals surface area contributed by atoms with Crippen LogP contribution in [-0.4, -0.2) is 23.9 Å². The Hall–Kier alpha value is -0.510. The Morgan fingerprint density at radius 1 is 1.25 bits per heavy atom. The molecule has 1 aliphatic carbocycles. The van der Waals surface area contributed by atoms with Crippen molar-refractivity contribution >= 4 is 6.29 Å². The third-order valence-corrected chi connectivity index (χ3v) is 2.54. The van der Waals surface area contributed by atoms with Gasteiger partial charge in [-0.05, 0) is 12.8 Å². The van der Waals surface area contributed by atoms with Gasteiger partial charge < -0.3 is 9.90 Å². The Bertz CT molecular complexity index is 170. The number of hydrogen-bond acceptors (Lipinski definition) is 2. The maximum Gasteiger partial charge on any atom is 0.248 e. The zero-order valence-electron chi connectivity index (χ0n) is 6.72. The van der Waals surface area contributed by atoms with Crippen LogP contribution in [0.15, 0.2) is 0 Å². The van der Waals surface area contributed by atoms with Crippen molar-refractivity contribution in [3.63, 3.8) is 0 Å². The Morgan fingerprint density at radius 2 is 1.75 bits per heavy atom. The molecule has 2 nitrogen and oxygen atoms in total. The molecular formula is C8H12F2O2. The van der Waals surface area contributed by atoms with E-state index in [4.69, 9.17) is 5.11 Å². The number of halogens is 2. The van der Waals surface area contributed by atoms with Crippen molar-refractivity contribution in [3.05, 3.63) is 0 Å². The highest BCUT2D eigenvalue weighted by molar-refractivity contribution is 5.59. The average molecular weight is 178 g/mol. The first-order chi connectivity index (χ1) is 5.54. The van der Waals surface area contributed by atoms with Crippen molar-refractivity contribution in [3.8, 4) is 0 Å². The molecule has 0 aromatic heterocycles. The monoisotopic (exact) mass is 178 g/mol. The van der Waals surface area contributed by atoms with Gasteiger partial charge in [-0.2, -0.15) is 0 Å². The van der Waals surface area contributed by atoms with E-state index in [-0.39, 0.29) is 32.3 Å². The Balaban J connectivity index is 2.59. The molecule has 0 unspecified atom stereocenters. The first-order valence-corrected chi connectivity index (χ1v) is 3.99. The van der Waals surface area contributed by atoms with Crippen molar-refractivity contribution in [2.45, 2.75) is 31.6 Å². The minimum absolute atomic E-state index is 0.0972. The number of aldehydes is 1. The van der Waals surface area contributed by atoms with Crippen LogP contribution in [0.4, 0.5) is 8.78 Å². The van der Waals surface area contributed by atoms with Crippen molar-refractivity contribution in [2.24, 2.45) is 5.41 Å². The number of hydrogen-bond donors (Lipinski definition) is 1. The molecule has 0 amide bonds. The molecular weight excluding hydrogens is 166 g/mol. The van der Waals surface area contributed by atoms with Gasteiger partial charge in [0.1, 0.15) is 6.29 Å². The average Bonchev–Trinajstić information content (AvgIpc) is 2.06. The number of alkyl halides is 2. The summed E-state index contributed by atoms with van der Waals surface area (Å²) >= 11 is 0. The smallest absolute Gasteiger partial charge is 0.248 e. The van der Waals surface area contributed by atoms with Gasteiger partial charge in [0.25, 0.3) is 0 Å². The van der Waals surface area contributed by atoms with E-state index in [1.807, 2.05) is 0 Å². The van der Waals surface area contributed by atoms with E-state index in [9.17, 15) is 13.6 Å². The van der Waals surface area contributed by atoms with Crippen molar-refractivity contribution in [1.82, 2.24) is 0 Å². The molecule has 0 aliphatic heterocycles. The van der Waals surface area contributed by atoms with Gasteiger partial charge in [-0.3, -0.25) is 0 Å². The molecule has 0 atom stereocenters. The Labute approximate surface area is 69.6 Å². The van der Waals surface area contributed by atoms with Crippen LogP contribution in [0.25, 0.3) is 0 Å². The SMILES string of the molecule is O=CC1(CO)CCC(F)(F)CC1.